The maximum Gasteiger partial charge on any atom is 0.569 e. The van der Waals surface area contributed by atoms with Crippen molar-refractivity contribution < 1.29 is 37.3 Å². The van der Waals surface area contributed by atoms with E-state index >= 15 is 0 Å². The first-order valence-electron chi connectivity index (χ1n) is 7.22. The van der Waals surface area contributed by atoms with Crippen molar-refractivity contribution in [3.63, 3.8) is 0 Å². The third-order valence-electron chi connectivity index (χ3n) is 3.16. The summed E-state index contributed by atoms with van der Waals surface area (Å²) in [6.07, 6.45) is 0. The Hall–Kier alpha value is -0.103. The van der Waals surface area contributed by atoms with Crippen LogP contribution in [-0.4, -0.2) is 68.3 Å². The van der Waals surface area contributed by atoms with Crippen LogP contribution < -0.4 is 0 Å². The highest BCUT2D eigenvalue weighted by Crippen LogP contribution is 2.41. The van der Waals surface area contributed by atoms with Crippen LogP contribution in [0.1, 0.15) is 27.7 Å². The van der Waals surface area contributed by atoms with Gasteiger partial charge in [-0.05, 0) is 27.7 Å². The SMILES string of the molecule is CCOC(C)(OOC)C(OCC)(OCC)[Si](OC)(OC)OC. The Morgan fingerprint density at radius 2 is 1.14 bits per heavy atom. The van der Waals surface area contributed by atoms with E-state index in [0.717, 1.165) is 0 Å². The molecule has 0 aliphatic heterocycles. The van der Waals surface area contributed by atoms with E-state index in [9.17, 15) is 0 Å². The predicted molar refractivity (Wildman–Crippen MR) is 80.9 cm³/mol. The molecule has 0 radical (unpaired) electrons. The first-order chi connectivity index (χ1) is 10.4. The lowest BCUT2D eigenvalue weighted by atomic mass is 10.3. The molecule has 0 aromatic rings. The Labute approximate surface area is 134 Å². The summed E-state index contributed by atoms with van der Waals surface area (Å²) < 4.78 is 34.3. The van der Waals surface area contributed by atoms with Crippen LogP contribution in [0.2, 0.25) is 0 Å². The first kappa shape index (κ1) is 21.9. The van der Waals surface area contributed by atoms with E-state index in [-0.39, 0.29) is 0 Å². The van der Waals surface area contributed by atoms with Crippen molar-refractivity contribution in [1.82, 2.24) is 0 Å². The fourth-order valence-corrected chi connectivity index (χ4v) is 5.05. The van der Waals surface area contributed by atoms with Gasteiger partial charge in [0.1, 0.15) is 0 Å². The van der Waals surface area contributed by atoms with Crippen LogP contribution in [-0.2, 0) is 37.3 Å². The maximum absolute atomic E-state index is 5.91. The van der Waals surface area contributed by atoms with Crippen molar-refractivity contribution in [3.8, 4) is 0 Å². The summed E-state index contributed by atoms with van der Waals surface area (Å²) in [5.74, 6) is -1.48. The van der Waals surface area contributed by atoms with Gasteiger partial charge in [-0.1, -0.05) is 0 Å². The lowest BCUT2D eigenvalue weighted by Crippen LogP contribution is -2.77. The van der Waals surface area contributed by atoms with Gasteiger partial charge < -0.3 is 27.5 Å². The molecule has 9 heteroatoms. The molecule has 0 saturated carbocycles. The fraction of sp³-hybridized carbons (Fsp3) is 1.00. The van der Waals surface area contributed by atoms with E-state index in [1.54, 1.807) is 6.92 Å². The van der Waals surface area contributed by atoms with E-state index in [1.165, 1.54) is 28.4 Å². The minimum absolute atomic E-state index is 0.292. The van der Waals surface area contributed by atoms with Crippen molar-refractivity contribution in [2.24, 2.45) is 0 Å². The van der Waals surface area contributed by atoms with Gasteiger partial charge in [0.15, 0.2) is 0 Å². The molecule has 0 amide bonds. The second kappa shape index (κ2) is 9.91. The molecule has 0 aromatic carbocycles. The predicted octanol–water partition coefficient (Wildman–Crippen LogP) is 1.50. The topological polar surface area (TPSA) is 73.8 Å². The monoisotopic (exact) mass is 342 g/mol. The summed E-state index contributed by atoms with van der Waals surface area (Å²) in [5, 5.41) is 0. The smallest absolute Gasteiger partial charge is 0.374 e. The Balaban J connectivity index is 6.24. The minimum Gasteiger partial charge on any atom is -0.374 e. The van der Waals surface area contributed by atoms with Gasteiger partial charge >= 0.3 is 8.80 Å². The summed E-state index contributed by atoms with van der Waals surface area (Å²) >= 11 is 0. The molecule has 0 spiro atoms. The van der Waals surface area contributed by atoms with E-state index in [1.807, 2.05) is 20.8 Å². The third kappa shape index (κ3) is 3.86. The molecule has 22 heavy (non-hydrogen) atoms. The highest BCUT2D eigenvalue weighted by Gasteiger charge is 2.74. The van der Waals surface area contributed by atoms with Gasteiger partial charge in [-0.25, -0.2) is 4.89 Å². The van der Waals surface area contributed by atoms with Crippen LogP contribution in [0.5, 0.6) is 0 Å². The zero-order valence-electron chi connectivity index (χ0n) is 14.9. The number of hydrogen-bond donors (Lipinski definition) is 0. The van der Waals surface area contributed by atoms with Gasteiger partial charge in [0.05, 0.1) is 7.11 Å². The Kier molecular flexibility index (Phi) is 9.86. The lowest BCUT2D eigenvalue weighted by molar-refractivity contribution is -0.480. The zero-order chi connectivity index (χ0) is 17.3. The van der Waals surface area contributed by atoms with E-state index in [4.69, 9.17) is 37.3 Å². The number of rotatable bonds is 13. The van der Waals surface area contributed by atoms with Crippen molar-refractivity contribution >= 4 is 8.80 Å². The average Bonchev–Trinajstić information content (AvgIpc) is 2.50. The molecule has 0 heterocycles. The molecule has 0 aliphatic carbocycles. The fourth-order valence-electron chi connectivity index (χ4n) is 2.43. The molecule has 0 N–H and O–H groups in total. The third-order valence-corrected chi connectivity index (χ3v) is 6.33. The molecular formula is C13H30O8Si. The quantitative estimate of drug-likeness (QED) is 0.216. The summed E-state index contributed by atoms with van der Waals surface area (Å²) in [6.45, 7) is 7.98. The van der Waals surface area contributed by atoms with Crippen molar-refractivity contribution in [3.05, 3.63) is 0 Å². The van der Waals surface area contributed by atoms with Crippen LogP contribution in [0.25, 0.3) is 0 Å². The van der Waals surface area contributed by atoms with Crippen LogP contribution in [0.15, 0.2) is 0 Å². The molecular weight excluding hydrogens is 312 g/mol. The average molecular weight is 342 g/mol. The molecule has 0 aromatic heterocycles. The van der Waals surface area contributed by atoms with Crippen molar-refractivity contribution in [2.45, 2.75) is 38.9 Å². The molecule has 0 bridgehead atoms. The molecule has 1 unspecified atom stereocenters. The summed E-state index contributed by atoms with van der Waals surface area (Å²) in [4.78, 5) is 10.2. The van der Waals surface area contributed by atoms with Gasteiger partial charge in [0.2, 0.25) is 0 Å². The van der Waals surface area contributed by atoms with Gasteiger partial charge in [0.25, 0.3) is 11.2 Å². The lowest BCUT2D eigenvalue weighted by Gasteiger charge is -2.49. The van der Waals surface area contributed by atoms with Gasteiger partial charge in [-0.3, -0.25) is 0 Å². The van der Waals surface area contributed by atoms with Gasteiger partial charge in [0, 0.05) is 41.2 Å². The van der Waals surface area contributed by atoms with E-state index in [2.05, 4.69) is 0 Å². The molecule has 0 fully saturated rings. The number of ether oxygens (including phenoxy) is 3. The summed E-state index contributed by atoms with van der Waals surface area (Å²) in [6, 6.07) is 0. The van der Waals surface area contributed by atoms with Crippen LogP contribution in [0, 0.1) is 0 Å². The van der Waals surface area contributed by atoms with Crippen LogP contribution in [0.3, 0.4) is 0 Å². The molecule has 8 nitrogen and oxygen atoms in total. The Morgan fingerprint density at radius 1 is 0.727 bits per heavy atom. The molecule has 1 atom stereocenters. The molecule has 0 aliphatic rings. The molecule has 0 saturated heterocycles. The van der Waals surface area contributed by atoms with E-state index in [0.29, 0.717) is 19.8 Å². The molecule has 0 rings (SSSR count). The minimum atomic E-state index is -3.52. The second-order valence-electron chi connectivity index (χ2n) is 4.28. The van der Waals surface area contributed by atoms with E-state index < -0.39 is 20.0 Å². The normalized spacial score (nSPS) is 15.8. The Morgan fingerprint density at radius 3 is 1.41 bits per heavy atom. The Bertz CT molecular complexity index is 278. The van der Waals surface area contributed by atoms with Gasteiger partial charge in [-0.15, -0.1) is 0 Å². The summed E-state index contributed by atoms with van der Waals surface area (Å²) in [7, 11) is 2.24. The highest BCUT2D eigenvalue weighted by molar-refractivity contribution is 6.63. The largest absolute Gasteiger partial charge is 0.569 e. The first-order valence-corrected chi connectivity index (χ1v) is 8.94. The summed E-state index contributed by atoms with van der Waals surface area (Å²) in [5.41, 5.74) is -1.58. The second-order valence-corrected chi connectivity index (χ2v) is 7.28. The number of hydrogen-bond acceptors (Lipinski definition) is 8. The van der Waals surface area contributed by atoms with Crippen LogP contribution >= 0.6 is 0 Å². The van der Waals surface area contributed by atoms with Crippen molar-refractivity contribution in [1.29, 1.82) is 0 Å². The maximum atomic E-state index is 5.91. The molecule has 134 valence electrons. The zero-order valence-corrected chi connectivity index (χ0v) is 15.9. The standard InChI is InChI=1S/C13H30O8Si/c1-9-18-12(4,21-14-5)13(19-10-2,20-11-3)22(15-6,16-7)17-8/h9-11H2,1-8H3. The van der Waals surface area contributed by atoms with Crippen LogP contribution in [0.4, 0.5) is 0 Å². The highest BCUT2D eigenvalue weighted by atomic mass is 28.4. The van der Waals surface area contributed by atoms with Gasteiger partial charge in [-0.2, -0.15) is 4.89 Å². The van der Waals surface area contributed by atoms with Crippen molar-refractivity contribution in [2.75, 3.05) is 48.3 Å².